The summed E-state index contributed by atoms with van der Waals surface area (Å²) in [6, 6.07) is 22.6. The van der Waals surface area contributed by atoms with E-state index in [1.165, 1.54) is 5.56 Å². The lowest BCUT2D eigenvalue weighted by molar-refractivity contribution is -0.644. The number of carbonyl (C=O) groups is 1. The lowest BCUT2D eigenvalue weighted by Crippen LogP contribution is -3.00. The van der Waals surface area contributed by atoms with Crippen LogP contribution in [0.5, 0.6) is 0 Å². The number of benzene rings is 3. The van der Waals surface area contributed by atoms with Crippen LogP contribution in [0.3, 0.4) is 0 Å². The Morgan fingerprint density at radius 1 is 0.941 bits per heavy atom. The summed E-state index contributed by atoms with van der Waals surface area (Å²) in [5.41, 5.74) is 7.72. The predicted octanol–water partition coefficient (Wildman–Crippen LogP) is 2.65. The summed E-state index contributed by atoms with van der Waals surface area (Å²) < 4.78 is 2.07. The minimum Gasteiger partial charge on any atom is -1.00 e. The largest absolute Gasteiger partial charge is 1.00 e. The van der Waals surface area contributed by atoms with E-state index in [1.54, 1.807) is 0 Å². The number of carbonyl (C=O) groups excluding carboxylic acids is 1. The first kappa shape index (κ1) is 26.0. The fraction of sp³-hybridized carbons (Fsp3) is 0.276. The molecule has 176 valence electrons. The summed E-state index contributed by atoms with van der Waals surface area (Å²) in [5, 5.41) is 9.19. The van der Waals surface area contributed by atoms with Crippen LogP contribution in [0.2, 0.25) is 0 Å². The number of para-hydroxylation sites is 2. The maximum absolute atomic E-state index is 12.9. The second kappa shape index (κ2) is 10.7. The smallest absolute Gasteiger partial charge is 0.230 e. The van der Waals surface area contributed by atoms with Gasteiger partial charge in [0.1, 0.15) is 18.3 Å². The van der Waals surface area contributed by atoms with Gasteiger partial charge in [0.2, 0.25) is 5.52 Å². The van der Waals surface area contributed by atoms with Gasteiger partial charge in [-0.2, -0.15) is 4.57 Å². The normalized spacial score (nSPS) is 11.3. The fourth-order valence-electron chi connectivity index (χ4n) is 4.06. The number of rotatable bonds is 6. The van der Waals surface area contributed by atoms with Gasteiger partial charge >= 0.3 is 0 Å². The molecule has 1 heterocycles. The van der Waals surface area contributed by atoms with Crippen LogP contribution >= 0.6 is 0 Å². The van der Waals surface area contributed by atoms with E-state index in [1.807, 2.05) is 49.6 Å². The van der Waals surface area contributed by atoms with E-state index in [0.29, 0.717) is 18.4 Å². The van der Waals surface area contributed by atoms with Gasteiger partial charge in [0.25, 0.3) is 0 Å². The van der Waals surface area contributed by atoms with Crippen LogP contribution in [-0.4, -0.2) is 22.5 Å². The number of hydrogen-bond acceptors (Lipinski definition) is 3. The second-order valence-electron chi connectivity index (χ2n) is 9.60. The average molecular weight is 566 g/mol. The summed E-state index contributed by atoms with van der Waals surface area (Å²) in [6.07, 6.45) is 2.79. The van der Waals surface area contributed by atoms with E-state index in [2.05, 4.69) is 55.7 Å². The molecule has 0 atom stereocenters. The van der Waals surface area contributed by atoms with Crippen molar-refractivity contribution in [3.63, 3.8) is 0 Å². The van der Waals surface area contributed by atoms with Crippen LogP contribution in [0.15, 0.2) is 72.9 Å². The third-order valence-corrected chi connectivity index (χ3v) is 6.02. The van der Waals surface area contributed by atoms with Crippen molar-refractivity contribution >= 4 is 16.8 Å². The number of nitrogens with zero attached hydrogens (tertiary/aromatic N) is 2. The number of aromatic nitrogens is 2. The summed E-state index contributed by atoms with van der Waals surface area (Å²) in [6.45, 7) is 6.61. The van der Waals surface area contributed by atoms with E-state index in [4.69, 9.17) is 4.98 Å². The van der Waals surface area contributed by atoms with Gasteiger partial charge in [0, 0.05) is 30.2 Å². The Bertz CT molecular complexity index is 1310. The van der Waals surface area contributed by atoms with Crippen molar-refractivity contribution in [3.8, 4) is 22.4 Å². The van der Waals surface area contributed by atoms with Crippen LogP contribution in [-0.2, 0) is 12.5 Å². The highest BCUT2D eigenvalue weighted by molar-refractivity contribution is 5.98. The molecular weight excluding hydrogens is 535 g/mol. The molecule has 0 amide bonds. The quantitative estimate of drug-likeness (QED) is 0.222. The number of ketones is 1. The maximum Gasteiger partial charge on any atom is 0.230 e. The summed E-state index contributed by atoms with van der Waals surface area (Å²) in [4.78, 5) is 17.8. The number of aryl methyl sites for hydroxylation is 1. The van der Waals surface area contributed by atoms with E-state index in [0.717, 1.165) is 33.4 Å². The molecule has 0 bridgehead atoms. The minimum absolute atomic E-state index is 0. The Balaban J connectivity index is 0.00000324. The number of Topliss-reactive ketones (excluding diaryl/α,β-unsaturated/α-hetero) is 1. The van der Waals surface area contributed by atoms with Gasteiger partial charge in [-0.25, -0.2) is 4.98 Å². The molecular formula is C29H31IN2O2. The standard InChI is InChI=1S/C29H31N2O2.HI/c1-29(2,3)24-13-11-20(12-14-24)21-16-22(18-23(17-21)28(33)10-7-15-32)26-19-31(4)27-9-6-5-8-25(27)30-26;/h5-6,8-9,11-14,16-19,32H,7,10,15H2,1-4H3;1H/q+1;/p-1. The topological polar surface area (TPSA) is 54.1 Å². The number of halogens is 1. The zero-order chi connectivity index (χ0) is 23.6. The third-order valence-electron chi connectivity index (χ3n) is 6.02. The molecule has 1 N–H and O–H groups in total. The van der Waals surface area contributed by atoms with Crippen molar-refractivity contribution in [2.45, 2.75) is 39.0 Å². The molecule has 1 aromatic heterocycles. The Labute approximate surface area is 218 Å². The fourth-order valence-corrected chi connectivity index (χ4v) is 4.06. The summed E-state index contributed by atoms with van der Waals surface area (Å²) in [5.74, 6) is 0.0311. The van der Waals surface area contributed by atoms with Crippen molar-refractivity contribution in [2.75, 3.05) is 6.61 Å². The molecule has 4 aromatic rings. The molecule has 0 aliphatic heterocycles. The van der Waals surface area contributed by atoms with E-state index < -0.39 is 0 Å². The predicted molar refractivity (Wildman–Crippen MR) is 133 cm³/mol. The van der Waals surface area contributed by atoms with Gasteiger partial charge in [-0.15, -0.1) is 0 Å². The van der Waals surface area contributed by atoms with Crippen LogP contribution < -0.4 is 28.5 Å². The maximum atomic E-state index is 12.9. The van der Waals surface area contributed by atoms with Crippen LogP contribution in [0.25, 0.3) is 33.4 Å². The van der Waals surface area contributed by atoms with Gasteiger partial charge in [0.05, 0.1) is 0 Å². The van der Waals surface area contributed by atoms with Gasteiger partial charge in [-0.3, -0.25) is 4.79 Å². The Morgan fingerprint density at radius 3 is 2.29 bits per heavy atom. The third kappa shape index (κ3) is 5.70. The van der Waals surface area contributed by atoms with Crippen LogP contribution in [0.4, 0.5) is 0 Å². The highest BCUT2D eigenvalue weighted by atomic mass is 127. The molecule has 0 unspecified atom stereocenters. The van der Waals surface area contributed by atoms with Crippen molar-refractivity contribution in [1.29, 1.82) is 0 Å². The molecule has 0 saturated carbocycles. The van der Waals surface area contributed by atoms with E-state index >= 15 is 0 Å². The summed E-state index contributed by atoms with van der Waals surface area (Å²) >= 11 is 0. The molecule has 4 nitrogen and oxygen atoms in total. The van der Waals surface area contributed by atoms with Gasteiger partial charge in [0.15, 0.2) is 12.0 Å². The number of fused-ring (bicyclic) bond motifs is 1. The SMILES string of the molecule is C[n+]1cc(-c2cc(C(=O)CCCO)cc(-c3ccc(C(C)(C)C)cc3)c2)nc2ccccc21.[I-]. The monoisotopic (exact) mass is 566 g/mol. The zero-order valence-corrected chi connectivity index (χ0v) is 22.3. The molecule has 5 heteroatoms. The van der Waals surface area contributed by atoms with Gasteiger partial charge < -0.3 is 29.1 Å². The molecule has 34 heavy (non-hydrogen) atoms. The molecule has 0 radical (unpaired) electrons. The van der Waals surface area contributed by atoms with Crippen molar-refractivity contribution in [2.24, 2.45) is 7.05 Å². The minimum atomic E-state index is 0. The van der Waals surface area contributed by atoms with E-state index in [9.17, 15) is 9.90 Å². The Kier molecular flexibility index (Phi) is 8.21. The molecule has 0 aliphatic rings. The molecule has 4 rings (SSSR count). The molecule has 0 fully saturated rings. The number of aliphatic hydroxyl groups is 1. The highest BCUT2D eigenvalue weighted by Gasteiger charge is 2.17. The first-order valence-corrected chi connectivity index (χ1v) is 11.4. The van der Waals surface area contributed by atoms with Crippen LogP contribution in [0.1, 0.15) is 49.5 Å². The Morgan fingerprint density at radius 2 is 1.62 bits per heavy atom. The molecule has 0 saturated heterocycles. The molecule has 0 aliphatic carbocycles. The van der Waals surface area contributed by atoms with E-state index in [-0.39, 0.29) is 41.8 Å². The van der Waals surface area contributed by atoms with Crippen molar-refractivity contribution < 1.29 is 38.4 Å². The zero-order valence-electron chi connectivity index (χ0n) is 20.2. The first-order valence-electron chi connectivity index (χ1n) is 11.4. The van der Waals surface area contributed by atoms with Crippen molar-refractivity contribution in [1.82, 2.24) is 4.98 Å². The highest BCUT2D eigenvalue weighted by Crippen LogP contribution is 2.30. The average Bonchev–Trinajstić information content (AvgIpc) is 2.81. The van der Waals surface area contributed by atoms with Gasteiger partial charge in [-0.1, -0.05) is 57.2 Å². The lowest BCUT2D eigenvalue weighted by Gasteiger charge is -2.19. The number of hydrogen-bond donors (Lipinski definition) is 1. The number of aliphatic hydroxyl groups excluding tert-OH is 1. The molecule has 0 spiro atoms. The summed E-state index contributed by atoms with van der Waals surface area (Å²) in [7, 11) is 2.01. The Hall–Kier alpha value is -2.64. The lowest BCUT2D eigenvalue weighted by atomic mass is 9.86. The van der Waals surface area contributed by atoms with Gasteiger partial charge in [-0.05, 0) is 52.8 Å². The first-order chi connectivity index (χ1) is 15.8. The molecule has 3 aromatic carbocycles. The van der Waals surface area contributed by atoms with Crippen molar-refractivity contribution in [3.05, 3.63) is 84.1 Å². The second-order valence-corrected chi connectivity index (χ2v) is 9.60. The van der Waals surface area contributed by atoms with Crippen LogP contribution in [0, 0.1) is 0 Å².